The van der Waals surface area contributed by atoms with Crippen molar-refractivity contribution in [3.05, 3.63) is 65.2 Å². The van der Waals surface area contributed by atoms with E-state index < -0.39 is 11.9 Å². The Hall–Kier alpha value is -3.06. The highest BCUT2D eigenvalue weighted by molar-refractivity contribution is 6.31. The van der Waals surface area contributed by atoms with Crippen LogP contribution in [0.15, 0.2) is 43.3 Å². The summed E-state index contributed by atoms with van der Waals surface area (Å²) in [5.74, 6) is -0.809. The van der Waals surface area contributed by atoms with Gasteiger partial charge in [-0.25, -0.2) is 9.37 Å². The maximum Gasteiger partial charge on any atom is 0.220 e. The average molecular weight is 392 g/mol. The first kappa shape index (κ1) is 20.3. The second kappa shape index (κ2) is 8.55. The van der Waals surface area contributed by atoms with Gasteiger partial charge in [-0.3, -0.25) is 4.79 Å². The third kappa shape index (κ3) is 4.77. The molecule has 2 aromatic rings. The Morgan fingerprint density at radius 2 is 2.22 bits per heavy atom. The number of anilines is 1. The molecule has 8 heteroatoms. The SMILES string of the molecule is C=C/C(=C\NC(C)=O)c1cnc(N)c(OC(C)c2c(O)ccc(F)c2Cl)c1. The van der Waals surface area contributed by atoms with Crippen LogP contribution < -0.4 is 15.8 Å². The van der Waals surface area contributed by atoms with Crippen molar-refractivity contribution < 1.29 is 19.0 Å². The standard InChI is InChI=1S/C19H19ClFN3O3/c1-4-12(8-23-11(3)25)13-7-16(19(22)24-9-13)27-10(2)17-15(26)6-5-14(21)18(17)20/h4-10,26H,1H2,2-3H3,(H2,22,24)(H,23,25)/b12-8+. The molecule has 1 amide bonds. The van der Waals surface area contributed by atoms with Crippen LogP contribution in [0.2, 0.25) is 5.02 Å². The Labute approximate surface area is 161 Å². The number of nitrogen functional groups attached to an aromatic ring is 1. The number of allylic oxidation sites excluding steroid dienone is 2. The maximum atomic E-state index is 13.7. The molecule has 0 fully saturated rings. The van der Waals surface area contributed by atoms with Gasteiger partial charge in [0.15, 0.2) is 11.6 Å². The molecular formula is C19H19ClFN3O3. The van der Waals surface area contributed by atoms with Gasteiger partial charge in [-0.15, -0.1) is 0 Å². The number of carbonyl (C=O) groups is 1. The van der Waals surface area contributed by atoms with Crippen molar-refractivity contribution in [1.82, 2.24) is 10.3 Å². The summed E-state index contributed by atoms with van der Waals surface area (Å²) in [7, 11) is 0. The van der Waals surface area contributed by atoms with Crippen molar-refractivity contribution in [2.24, 2.45) is 0 Å². The lowest BCUT2D eigenvalue weighted by Gasteiger charge is -2.19. The maximum absolute atomic E-state index is 13.7. The van der Waals surface area contributed by atoms with E-state index in [4.69, 9.17) is 22.1 Å². The van der Waals surface area contributed by atoms with E-state index in [0.717, 1.165) is 6.07 Å². The number of halogens is 2. The van der Waals surface area contributed by atoms with Gasteiger partial charge in [-0.2, -0.15) is 0 Å². The number of hydrogen-bond acceptors (Lipinski definition) is 5. The van der Waals surface area contributed by atoms with Crippen LogP contribution in [0.25, 0.3) is 5.57 Å². The number of carbonyl (C=O) groups excluding carboxylic acids is 1. The molecule has 6 nitrogen and oxygen atoms in total. The largest absolute Gasteiger partial charge is 0.507 e. The van der Waals surface area contributed by atoms with Crippen molar-refractivity contribution in [3.63, 3.8) is 0 Å². The lowest BCUT2D eigenvalue weighted by atomic mass is 10.1. The molecule has 2 rings (SSSR count). The number of rotatable bonds is 6. The molecule has 1 atom stereocenters. The van der Waals surface area contributed by atoms with Gasteiger partial charge in [-0.1, -0.05) is 24.3 Å². The molecule has 0 saturated carbocycles. The van der Waals surface area contributed by atoms with Gasteiger partial charge in [0.2, 0.25) is 5.91 Å². The zero-order chi connectivity index (χ0) is 20.1. The minimum atomic E-state index is -0.806. The Bertz CT molecular complexity index is 915. The van der Waals surface area contributed by atoms with Crippen LogP contribution in [0.4, 0.5) is 10.2 Å². The summed E-state index contributed by atoms with van der Waals surface area (Å²) < 4.78 is 19.5. The van der Waals surface area contributed by atoms with Crippen LogP contribution in [0, 0.1) is 5.82 Å². The van der Waals surface area contributed by atoms with Crippen LogP contribution in [0.3, 0.4) is 0 Å². The molecule has 0 bridgehead atoms. The number of hydrogen-bond donors (Lipinski definition) is 3. The fraction of sp³-hybridized carbons (Fsp3) is 0.158. The molecule has 1 unspecified atom stereocenters. The van der Waals surface area contributed by atoms with Crippen LogP contribution in [-0.4, -0.2) is 16.0 Å². The van der Waals surface area contributed by atoms with Gasteiger partial charge >= 0.3 is 0 Å². The van der Waals surface area contributed by atoms with E-state index in [1.165, 1.54) is 31.5 Å². The first-order valence-corrected chi connectivity index (χ1v) is 8.31. The number of nitrogens with one attached hydrogen (secondary N) is 1. The third-order valence-corrected chi connectivity index (χ3v) is 4.07. The summed E-state index contributed by atoms with van der Waals surface area (Å²) in [5, 5.41) is 12.3. The molecule has 4 N–H and O–H groups in total. The number of ether oxygens (including phenoxy) is 1. The van der Waals surface area contributed by atoms with Gasteiger partial charge in [0.25, 0.3) is 0 Å². The molecule has 0 aliphatic carbocycles. The van der Waals surface area contributed by atoms with E-state index in [1.54, 1.807) is 13.0 Å². The normalized spacial score (nSPS) is 12.4. The molecule has 0 aliphatic heterocycles. The highest BCUT2D eigenvalue weighted by atomic mass is 35.5. The molecule has 1 aromatic heterocycles. The van der Waals surface area contributed by atoms with Crippen molar-refractivity contribution in [3.8, 4) is 11.5 Å². The number of nitrogens with zero attached hydrogens (tertiary/aromatic N) is 1. The number of phenols is 1. The fourth-order valence-corrected chi connectivity index (χ4v) is 2.65. The number of aromatic hydroxyl groups is 1. The van der Waals surface area contributed by atoms with E-state index in [1.807, 2.05) is 0 Å². The molecule has 1 aromatic carbocycles. The third-order valence-electron chi connectivity index (χ3n) is 3.69. The summed E-state index contributed by atoms with van der Waals surface area (Å²) in [6.07, 6.45) is 3.70. The van der Waals surface area contributed by atoms with E-state index in [2.05, 4.69) is 16.9 Å². The monoisotopic (exact) mass is 391 g/mol. The predicted molar refractivity (Wildman–Crippen MR) is 103 cm³/mol. The van der Waals surface area contributed by atoms with Crippen molar-refractivity contribution >= 4 is 28.9 Å². The Balaban J connectivity index is 2.37. The number of aromatic nitrogens is 1. The quantitative estimate of drug-likeness (QED) is 0.647. The Kier molecular flexibility index (Phi) is 6.41. The number of phenolic OH excluding ortho intramolecular Hbond substituents is 1. The number of benzene rings is 1. The smallest absolute Gasteiger partial charge is 0.220 e. The minimum absolute atomic E-state index is 0.0965. The van der Waals surface area contributed by atoms with Crippen LogP contribution >= 0.6 is 11.6 Å². The van der Waals surface area contributed by atoms with Gasteiger partial charge in [-0.05, 0) is 30.7 Å². The van der Waals surface area contributed by atoms with Gasteiger partial charge in [0.1, 0.15) is 17.7 Å². The molecule has 27 heavy (non-hydrogen) atoms. The van der Waals surface area contributed by atoms with Gasteiger partial charge in [0, 0.05) is 24.9 Å². The summed E-state index contributed by atoms with van der Waals surface area (Å²) in [5.41, 5.74) is 7.13. The second-order valence-electron chi connectivity index (χ2n) is 5.67. The topological polar surface area (TPSA) is 97.5 Å². The first-order valence-electron chi connectivity index (χ1n) is 7.93. The summed E-state index contributed by atoms with van der Waals surface area (Å²) in [4.78, 5) is 15.2. The van der Waals surface area contributed by atoms with E-state index in [9.17, 15) is 14.3 Å². The first-order chi connectivity index (χ1) is 12.7. The zero-order valence-corrected chi connectivity index (χ0v) is 15.5. The van der Waals surface area contributed by atoms with Crippen LogP contribution in [-0.2, 0) is 4.79 Å². The molecule has 0 aliphatic rings. The summed E-state index contributed by atoms with van der Waals surface area (Å²) in [6.45, 7) is 6.67. The van der Waals surface area contributed by atoms with Gasteiger partial charge < -0.3 is 20.9 Å². The zero-order valence-electron chi connectivity index (χ0n) is 14.8. The predicted octanol–water partition coefficient (Wildman–Crippen LogP) is 3.96. The van der Waals surface area contributed by atoms with Crippen molar-refractivity contribution in [2.45, 2.75) is 20.0 Å². The van der Waals surface area contributed by atoms with Crippen molar-refractivity contribution in [1.29, 1.82) is 0 Å². The fourth-order valence-electron chi connectivity index (χ4n) is 2.34. The molecule has 1 heterocycles. The number of nitrogens with two attached hydrogens (primary N) is 1. The molecule has 0 saturated heterocycles. The van der Waals surface area contributed by atoms with E-state index in [-0.39, 0.29) is 33.8 Å². The minimum Gasteiger partial charge on any atom is -0.507 e. The highest BCUT2D eigenvalue weighted by Gasteiger charge is 2.20. The molecule has 142 valence electrons. The van der Waals surface area contributed by atoms with Crippen molar-refractivity contribution in [2.75, 3.05) is 5.73 Å². The number of pyridine rings is 1. The Morgan fingerprint density at radius 3 is 2.85 bits per heavy atom. The summed E-state index contributed by atoms with van der Waals surface area (Å²) in [6, 6.07) is 3.85. The second-order valence-corrected chi connectivity index (χ2v) is 6.04. The van der Waals surface area contributed by atoms with E-state index in [0.29, 0.717) is 11.1 Å². The van der Waals surface area contributed by atoms with Crippen LogP contribution in [0.1, 0.15) is 31.1 Å². The van der Waals surface area contributed by atoms with E-state index >= 15 is 0 Å². The number of amides is 1. The molecule has 0 spiro atoms. The van der Waals surface area contributed by atoms with Crippen LogP contribution in [0.5, 0.6) is 11.5 Å². The molecule has 0 radical (unpaired) electrons. The lowest BCUT2D eigenvalue weighted by molar-refractivity contribution is -0.118. The Morgan fingerprint density at radius 1 is 1.52 bits per heavy atom. The highest BCUT2D eigenvalue weighted by Crippen LogP contribution is 2.37. The van der Waals surface area contributed by atoms with Gasteiger partial charge in [0.05, 0.1) is 10.6 Å². The lowest BCUT2D eigenvalue weighted by Crippen LogP contribution is -2.12. The summed E-state index contributed by atoms with van der Waals surface area (Å²) >= 11 is 5.95. The molecular weight excluding hydrogens is 373 g/mol. The average Bonchev–Trinajstić information content (AvgIpc) is 2.61.